The Bertz CT molecular complexity index is 692. The molecule has 0 fully saturated rings. The number of hydrogen-bond donors (Lipinski definition) is 1. The number of carbonyl (C=O) groups is 2. The highest BCUT2D eigenvalue weighted by molar-refractivity contribution is 7.98. The van der Waals surface area contributed by atoms with Gasteiger partial charge in [0.15, 0.2) is 0 Å². The normalized spacial score (nSPS) is 11.6. The molecule has 0 aromatic heterocycles. The first kappa shape index (κ1) is 19.0. The summed E-state index contributed by atoms with van der Waals surface area (Å²) >= 11 is 1.59. The topological polar surface area (TPSA) is 55.4 Å². The lowest BCUT2D eigenvalue weighted by Gasteiger charge is -2.17. The maximum Gasteiger partial charge on any atom is 0.329 e. The van der Waals surface area contributed by atoms with Gasteiger partial charge in [-0.1, -0.05) is 30.3 Å². The number of nitrogens with one attached hydrogen (secondary N) is 1. The summed E-state index contributed by atoms with van der Waals surface area (Å²) in [6.45, 7) is 0.0378. The molecular weight excluding hydrogens is 341 g/mol. The van der Waals surface area contributed by atoms with Gasteiger partial charge in [-0.05, 0) is 48.3 Å². The van der Waals surface area contributed by atoms with Gasteiger partial charge in [0.05, 0.1) is 0 Å². The van der Waals surface area contributed by atoms with Crippen molar-refractivity contribution in [3.05, 3.63) is 71.5 Å². The number of ether oxygens (including phenoxy) is 1. The summed E-state index contributed by atoms with van der Waals surface area (Å²) < 4.78 is 18.2. The van der Waals surface area contributed by atoms with E-state index >= 15 is 0 Å². The van der Waals surface area contributed by atoms with Gasteiger partial charge in [-0.2, -0.15) is 11.8 Å². The molecule has 0 bridgehead atoms. The maximum atomic E-state index is 12.9. The lowest BCUT2D eigenvalue weighted by molar-refractivity contribution is -0.147. The van der Waals surface area contributed by atoms with E-state index in [9.17, 15) is 14.0 Å². The number of hydrogen-bond acceptors (Lipinski definition) is 4. The number of benzene rings is 2. The van der Waals surface area contributed by atoms with Crippen molar-refractivity contribution in [2.24, 2.45) is 0 Å². The Labute approximate surface area is 150 Å². The average molecular weight is 361 g/mol. The van der Waals surface area contributed by atoms with Crippen molar-refractivity contribution in [2.75, 3.05) is 12.0 Å². The summed E-state index contributed by atoms with van der Waals surface area (Å²) in [4.78, 5) is 24.6. The van der Waals surface area contributed by atoms with E-state index in [1.54, 1.807) is 48.2 Å². The summed E-state index contributed by atoms with van der Waals surface area (Å²) in [5, 5.41) is 2.73. The first-order valence-electron chi connectivity index (χ1n) is 7.86. The van der Waals surface area contributed by atoms with Crippen molar-refractivity contribution < 1.29 is 18.7 Å². The van der Waals surface area contributed by atoms with Crippen molar-refractivity contribution >= 4 is 23.6 Å². The van der Waals surface area contributed by atoms with Crippen LogP contribution < -0.4 is 5.32 Å². The monoisotopic (exact) mass is 361 g/mol. The minimum Gasteiger partial charge on any atom is -0.459 e. The molecule has 0 heterocycles. The zero-order chi connectivity index (χ0) is 18.1. The van der Waals surface area contributed by atoms with E-state index in [1.807, 2.05) is 12.3 Å². The molecular formula is C19H20FNO3S. The van der Waals surface area contributed by atoms with E-state index in [1.165, 1.54) is 12.1 Å². The fraction of sp³-hybridized carbons (Fsp3) is 0.263. The van der Waals surface area contributed by atoms with Gasteiger partial charge in [-0.3, -0.25) is 4.79 Å². The summed E-state index contributed by atoms with van der Waals surface area (Å²) in [5.74, 6) is -0.443. The second kappa shape index (κ2) is 9.84. The van der Waals surface area contributed by atoms with Crippen LogP contribution in [0.25, 0.3) is 0 Å². The van der Waals surface area contributed by atoms with Crippen LogP contribution in [0.15, 0.2) is 54.6 Å². The van der Waals surface area contributed by atoms with Crippen molar-refractivity contribution in [3.8, 4) is 0 Å². The van der Waals surface area contributed by atoms with Crippen molar-refractivity contribution in [3.63, 3.8) is 0 Å². The highest BCUT2D eigenvalue weighted by Crippen LogP contribution is 2.09. The molecule has 0 aliphatic rings. The third-order valence-electron chi connectivity index (χ3n) is 3.53. The van der Waals surface area contributed by atoms with Crippen molar-refractivity contribution in [1.82, 2.24) is 5.32 Å². The van der Waals surface area contributed by atoms with Gasteiger partial charge in [0.1, 0.15) is 18.5 Å². The first-order valence-corrected chi connectivity index (χ1v) is 9.25. The van der Waals surface area contributed by atoms with Gasteiger partial charge in [-0.25, -0.2) is 9.18 Å². The molecule has 2 rings (SSSR count). The van der Waals surface area contributed by atoms with Gasteiger partial charge in [0, 0.05) is 5.56 Å². The van der Waals surface area contributed by atoms with Crippen LogP contribution in [-0.2, 0) is 16.1 Å². The Morgan fingerprint density at radius 2 is 1.80 bits per heavy atom. The quantitative estimate of drug-likeness (QED) is 0.732. The minimum atomic E-state index is -0.722. The summed E-state index contributed by atoms with van der Waals surface area (Å²) in [7, 11) is 0. The largest absolute Gasteiger partial charge is 0.459 e. The molecule has 4 nitrogen and oxygen atoms in total. The molecule has 0 saturated heterocycles. The van der Waals surface area contributed by atoms with Crippen LogP contribution in [-0.4, -0.2) is 29.9 Å². The molecule has 132 valence electrons. The Kier molecular flexibility index (Phi) is 7.47. The van der Waals surface area contributed by atoms with Crippen molar-refractivity contribution in [2.45, 2.75) is 19.1 Å². The fourth-order valence-electron chi connectivity index (χ4n) is 2.15. The van der Waals surface area contributed by atoms with Crippen molar-refractivity contribution in [1.29, 1.82) is 0 Å². The van der Waals surface area contributed by atoms with E-state index < -0.39 is 12.0 Å². The minimum absolute atomic E-state index is 0.0378. The number of carbonyl (C=O) groups excluding carboxylic acids is 2. The molecule has 0 aliphatic carbocycles. The molecule has 1 amide bonds. The number of amides is 1. The Morgan fingerprint density at radius 1 is 1.12 bits per heavy atom. The van der Waals surface area contributed by atoms with Gasteiger partial charge in [0.25, 0.3) is 5.91 Å². The average Bonchev–Trinajstić information content (AvgIpc) is 2.65. The molecule has 0 unspecified atom stereocenters. The van der Waals surface area contributed by atoms with Crippen LogP contribution in [0.5, 0.6) is 0 Å². The van der Waals surface area contributed by atoms with Gasteiger partial charge in [0.2, 0.25) is 0 Å². The summed E-state index contributed by atoms with van der Waals surface area (Å²) in [6, 6.07) is 13.7. The first-order chi connectivity index (χ1) is 12.1. The van der Waals surface area contributed by atoms with Crippen LogP contribution in [0.3, 0.4) is 0 Å². The SMILES string of the molecule is CSCC[C@H](NC(=O)c1ccccc1)C(=O)OCc1ccc(F)cc1. The number of halogens is 1. The Hall–Kier alpha value is -2.34. The lowest BCUT2D eigenvalue weighted by atomic mass is 10.1. The smallest absolute Gasteiger partial charge is 0.329 e. The van der Waals surface area contributed by atoms with Gasteiger partial charge in [-0.15, -0.1) is 0 Å². The number of rotatable bonds is 8. The lowest BCUT2D eigenvalue weighted by Crippen LogP contribution is -2.42. The number of esters is 1. The summed E-state index contributed by atoms with van der Waals surface area (Å²) in [6.07, 6.45) is 2.40. The molecule has 0 saturated carbocycles. The van der Waals surface area contributed by atoms with Gasteiger partial charge >= 0.3 is 5.97 Å². The van der Waals surface area contributed by atoms with Crippen LogP contribution in [0, 0.1) is 5.82 Å². The molecule has 0 spiro atoms. The fourth-order valence-corrected chi connectivity index (χ4v) is 2.62. The predicted molar refractivity (Wildman–Crippen MR) is 96.9 cm³/mol. The second-order valence-electron chi connectivity index (χ2n) is 5.41. The standard InChI is InChI=1S/C19H20FNO3S/c1-25-12-11-17(21-18(22)15-5-3-2-4-6-15)19(23)24-13-14-7-9-16(20)10-8-14/h2-10,17H,11-13H2,1H3,(H,21,22)/t17-/m0/s1. The molecule has 0 aliphatic heterocycles. The highest BCUT2D eigenvalue weighted by atomic mass is 32.2. The molecule has 25 heavy (non-hydrogen) atoms. The van der Waals surface area contributed by atoms with Gasteiger partial charge < -0.3 is 10.1 Å². The third kappa shape index (κ3) is 6.23. The Balaban J connectivity index is 1.96. The molecule has 1 N–H and O–H groups in total. The second-order valence-corrected chi connectivity index (χ2v) is 6.39. The van der Waals surface area contributed by atoms with Crippen LogP contribution in [0.4, 0.5) is 4.39 Å². The van der Waals surface area contributed by atoms with E-state index in [0.717, 1.165) is 0 Å². The molecule has 1 atom stereocenters. The molecule has 2 aromatic rings. The third-order valence-corrected chi connectivity index (χ3v) is 4.17. The van der Waals surface area contributed by atoms with Crippen LogP contribution in [0.1, 0.15) is 22.3 Å². The van der Waals surface area contributed by atoms with Crippen LogP contribution in [0.2, 0.25) is 0 Å². The molecule has 0 radical (unpaired) electrons. The number of thioether (sulfide) groups is 1. The zero-order valence-electron chi connectivity index (χ0n) is 13.9. The summed E-state index contributed by atoms with van der Waals surface area (Å²) in [5.41, 5.74) is 1.18. The van der Waals surface area contributed by atoms with E-state index in [2.05, 4.69) is 5.32 Å². The van der Waals surface area contributed by atoms with Crippen LogP contribution >= 0.6 is 11.8 Å². The molecule has 6 heteroatoms. The zero-order valence-corrected chi connectivity index (χ0v) is 14.7. The highest BCUT2D eigenvalue weighted by Gasteiger charge is 2.22. The maximum absolute atomic E-state index is 12.9. The Morgan fingerprint density at radius 3 is 2.44 bits per heavy atom. The molecule has 2 aromatic carbocycles. The predicted octanol–water partition coefficient (Wildman–Crippen LogP) is 3.42. The van der Waals surface area contributed by atoms with E-state index in [0.29, 0.717) is 23.3 Å². The van der Waals surface area contributed by atoms with E-state index in [4.69, 9.17) is 4.74 Å². The van der Waals surface area contributed by atoms with E-state index in [-0.39, 0.29) is 18.3 Å².